The topological polar surface area (TPSA) is 38.5 Å². The molecule has 0 radical (unpaired) electrons. The van der Waals surface area contributed by atoms with Crippen molar-refractivity contribution < 1.29 is 4.74 Å². The van der Waals surface area contributed by atoms with Crippen molar-refractivity contribution in [3.05, 3.63) is 59.7 Å². The van der Waals surface area contributed by atoms with Crippen LogP contribution in [0.5, 0.6) is 5.75 Å². The van der Waals surface area contributed by atoms with E-state index in [1.807, 2.05) is 18.2 Å². The summed E-state index contributed by atoms with van der Waals surface area (Å²) in [7, 11) is 3.80. The predicted octanol–water partition coefficient (Wildman–Crippen LogP) is 2.83. The highest BCUT2D eigenvalue weighted by Crippen LogP contribution is 2.19. The molecule has 0 fully saturated rings. The molecule has 0 amide bonds. The van der Waals surface area contributed by atoms with E-state index in [2.05, 4.69) is 42.3 Å². The van der Waals surface area contributed by atoms with Gasteiger partial charge in [0.1, 0.15) is 5.75 Å². The third-order valence-corrected chi connectivity index (χ3v) is 3.52. The van der Waals surface area contributed by atoms with E-state index in [9.17, 15) is 0 Å². The molecule has 3 heteroatoms. The maximum atomic E-state index is 5.79. The summed E-state index contributed by atoms with van der Waals surface area (Å²) in [4.78, 5) is 2.26. The SMILES string of the molecule is COc1ccc(CCN(C)c2ccccc2CN)cc1. The zero-order valence-corrected chi connectivity index (χ0v) is 12.2. The van der Waals surface area contributed by atoms with Gasteiger partial charge in [-0.05, 0) is 35.7 Å². The van der Waals surface area contributed by atoms with E-state index >= 15 is 0 Å². The molecule has 0 atom stereocenters. The molecule has 0 aliphatic heterocycles. The molecule has 2 aromatic rings. The first-order valence-electron chi connectivity index (χ1n) is 6.86. The first-order valence-corrected chi connectivity index (χ1v) is 6.86. The fourth-order valence-corrected chi connectivity index (χ4v) is 2.27. The minimum absolute atomic E-state index is 0.572. The Morgan fingerprint density at radius 1 is 1.05 bits per heavy atom. The molecule has 20 heavy (non-hydrogen) atoms. The van der Waals surface area contributed by atoms with Gasteiger partial charge in [-0.3, -0.25) is 0 Å². The van der Waals surface area contributed by atoms with Gasteiger partial charge >= 0.3 is 0 Å². The lowest BCUT2D eigenvalue weighted by Gasteiger charge is -2.22. The molecule has 0 aliphatic rings. The van der Waals surface area contributed by atoms with Crippen molar-refractivity contribution >= 4 is 5.69 Å². The summed E-state index contributed by atoms with van der Waals surface area (Å²) in [6.45, 7) is 1.53. The van der Waals surface area contributed by atoms with Gasteiger partial charge < -0.3 is 15.4 Å². The number of nitrogens with two attached hydrogens (primary N) is 1. The number of anilines is 1. The van der Waals surface area contributed by atoms with Gasteiger partial charge in [0.05, 0.1) is 7.11 Å². The minimum atomic E-state index is 0.572. The number of rotatable bonds is 6. The molecule has 0 aliphatic carbocycles. The summed E-state index contributed by atoms with van der Waals surface area (Å²) in [5.41, 5.74) is 9.49. The zero-order valence-electron chi connectivity index (χ0n) is 12.2. The Morgan fingerprint density at radius 3 is 2.40 bits per heavy atom. The van der Waals surface area contributed by atoms with Crippen LogP contribution in [0.1, 0.15) is 11.1 Å². The third-order valence-electron chi connectivity index (χ3n) is 3.52. The molecule has 0 spiro atoms. The normalized spacial score (nSPS) is 10.3. The smallest absolute Gasteiger partial charge is 0.118 e. The van der Waals surface area contributed by atoms with Crippen LogP contribution in [0.3, 0.4) is 0 Å². The molecular formula is C17H22N2O. The van der Waals surface area contributed by atoms with Crippen LogP contribution in [-0.4, -0.2) is 20.7 Å². The monoisotopic (exact) mass is 270 g/mol. The minimum Gasteiger partial charge on any atom is -0.497 e. The second kappa shape index (κ2) is 6.96. The lowest BCUT2D eigenvalue weighted by molar-refractivity contribution is 0.414. The van der Waals surface area contributed by atoms with Crippen LogP contribution < -0.4 is 15.4 Å². The fraction of sp³-hybridized carbons (Fsp3) is 0.294. The lowest BCUT2D eigenvalue weighted by Crippen LogP contribution is -2.22. The van der Waals surface area contributed by atoms with Crippen LogP contribution in [0.4, 0.5) is 5.69 Å². The van der Waals surface area contributed by atoms with E-state index in [0.717, 1.165) is 18.7 Å². The van der Waals surface area contributed by atoms with Crippen molar-refractivity contribution in [1.29, 1.82) is 0 Å². The molecule has 0 saturated carbocycles. The first kappa shape index (κ1) is 14.4. The average molecular weight is 270 g/mol. The van der Waals surface area contributed by atoms with E-state index < -0.39 is 0 Å². The lowest BCUT2D eigenvalue weighted by atomic mass is 10.1. The maximum absolute atomic E-state index is 5.79. The van der Waals surface area contributed by atoms with Crippen LogP contribution in [0.25, 0.3) is 0 Å². The van der Waals surface area contributed by atoms with Crippen molar-refractivity contribution in [2.24, 2.45) is 5.73 Å². The van der Waals surface area contributed by atoms with Gasteiger partial charge in [0, 0.05) is 25.8 Å². The molecule has 2 N–H and O–H groups in total. The summed E-state index contributed by atoms with van der Waals surface area (Å²) in [5, 5.41) is 0. The second-order valence-corrected chi connectivity index (χ2v) is 4.85. The third kappa shape index (κ3) is 3.52. The number of ether oxygens (including phenoxy) is 1. The number of methoxy groups -OCH3 is 1. The summed E-state index contributed by atoms with van der Waals surface area (Å²) in [5.74, 6) is 0.899. The molecule has 0 aromatic heterocycles. The molecule has 0 unspecified atom stereocenters. The molecule has 0 saturated heterocycles. The number of hydrogen-bond donors (Lipinski definition) is 1. The molecule has 0 bridgehead atoms. The number of likely N-dealkylation sites (N-methyl/N-ethyl adjacent to an activating group) is 1. The number of para-hydroxylation sites is 1. The summed E-state index contributed by atoms with van der Waals surface area (Å²) >= 11 is 0. The summed E-state index contributed by atoms with van der Waals surface area (Å²) < 4.78 is 5.17. The van der Waals surface area contributed by atoms with E-state index in [4.69, 9.17) is 10.5 Å². The molecule has 3 nitrogen and oxygen atoms in total. The van der Waals surface area contributed by atoms with Gasteiger partial charge in [-0.15, -0.1) is 0 Å². The van der Waals surface area contributed by atoms with Crippen LogP contribution in [-0.2, 0) is 13.0 Å². The zero-order chi connectivity index (χ0) is 14.4. The van der Waals surface area contributed by atoms with Gasteiger partial charge in [0.15, 0.2) is 0 Å². The summed E-state index contributed by atoms with van der Waals surface area (Å²) in [6, 6.07) is 16.5. The maximum Gasteiger partial charge on any atom is 0.118 e. The van der Waals surface area contributed by atoms with Crippen LogP contribution >= 0.6 is 0 Å². The Bertz CT molecular complexity index is 537. The quantitative estimate of drug-likeness (QED) is 0.877. The van der Waals surface area contributed by atoms with E-state index in [-0.39, 0.29) is 0 Å². The summed E-state index contributed by atoms with van der Waals surface area (Å²) in [6.07, 6.45) is 0.999. The molecule has 0 heterocycles. The Labute approximate surface area is 121 Å². The second-order valence-electron chi connectivity index (χ2n) is 4.85. The van der Waals surface area contributed by atoms with Crippen molar-refractivity contribution in [1.82, 2.24) is 0 Å². The largest absolute Gasteiger partial charge is 0.497 e. The van der Waals surface area contributed by atoms with E-state index in [0.29, 0.717) is 6.54 Å². The van der Waals surface area contributed by atoms with Gasteiger partial charge in [0.25, 0.3) is 0 Å². The van der Waals surface area contributed by atoms with Gasteiger partial charge in [-0.25, -0.2) is 0 Å². The van der Waals surface area contributed by atoms with E-state index in [1.165, 1.54) is 16.8 Å². The Balaban J connectivity index is 1.98. The fourth-order valence-electron chi connectivity index (χ4n) is 2.27. The highest BCUT2D eigenvalue weighted by atomic mass is 16.5. The van der Waals surface area contributed by atoms with Crippen molar-refractivity contribution in [2.45, 2.75) is 13.0 Å². The molecule has 2 aromatic carbocycles. The van der Waals surface area contributed by atoms with Crippen molar-refractivity contribution in [3.8, 4) is 5.75 Å². The Hall–Kier alpha value is -2.00. The van der Waals surface area contributed by atoms with Gasteiger partial charge in [-0.1, -0.05) is 30.3 Å². The highest BCUT2D eigenvalue weighted by Gasteiger charge is 2.05. The Morgan fingerprint density at radius 2 is 1.75 bits per heavy atom. The highest BCUT2D eigenvalue weighted by molar-refractivity contribution is 5.53. The number of hydrogen-bond acceptors (Lipinski definition) is 3. The molecular weight excluding hydrogens is 248 g/mol. The standard InChI is InChI=1S/C17H22N2O/c1-19(17-6-4-3-5-15(17)13-18)12-11-14-7-9-16(20-2)10-8-14/h3-10H,11-13,18H2,1-2H3. The molecule has 106 valence electrons. The van der Waals surface area contributed by atoms with Gasteiger partial charge in [0.2, 0.25) is 0 Å². The Kier molecular flexibility index (Phi) is 5.02. The average Bonchev–Trinajstić information content (AvgIpc) is 2.53. The van der Waals surface area contributed by atoms with Gasteiger partial charge in [-0.2, -0.15) is 0 Å². The van der Waals surface area contributed by atoms with E-state index in [1.54, 1.807) is 7.11 Å². The predicted molar refractivity (Wildman–Crippen MR) is 84.3 cm³/mol. The van der Waals surface area contributed by atoms with Crippen LogP contribution in [0, 0.1) is 0 Å². The number of nitrogens with zero attached hydrogens (tertiary/aromatic N) is 1. The number of benzene rings is 2. The first-order chi connectivity index (χ1) is 9.74. The molecule has 2 rings (SSSR count). The van der Waals surface area contributed by atoms with Crippen LogP contribution in [0.2, 0.25) is 0 Å². The van der Waals surface area contributed by atoms with Crippen molar-refractivity contribution in [3.63, 3.8) is 0 Å². The van der Waals surface area contributed by atoms with Crippen molar-refractivity contribution in [2.75, 3.05) is 25.6 Å². The van der Waals surface area contributed by atoms with Crippen LogP contribution in [0.15, 0.2) is 48.5 Å².